The third-order valence-corrected chi connectivity index (χ3v) is 5.06. The van der Waals surface area contributed by atoms with Crippen molar-refractivity contribution in [1.29, 1.82) is 0 Å². The van der Waals surface area contributed by atoms with E-state index in [4.69, 9.17) is 0 Å². The molecule has 0 saturated carbocycles. The topological polar surface area (TPSA) is 31.4 Å². The maximum atomic E-state index is 4.39. The number of hydrogen-bond acceptors (Lipinski definition) is 5. The monoisotopic (exact) mass is 266 g/mol. The molecular weight excluding hydrogens is 244 g/mol. The molecule has 2 saturated heterocycles. The van der Waals surface area contributed by atoms with E-state index >= 15 is 0 Å². The molecule has 100 valence electrons. The summed E-state index contributed by atoms with van der Waals surface area (Å²) in [6.07, 6.45) is 1.90. The Bertz CT molecular complexity index is 355. The Labute approximate surface area is 113 Å². The first-order valence-corrected chi connectivity index (χ1v) is 7.78. The predicted molar refractivity (Wildman–Crippen MR) is 76.3 cm³/mol. The van der Waals surface area contributed by atoms with Crippen molar-refractivity contribution in [3.8, 4) is 0 Å². The van der Waals surface area contributed by atoms with Gasteiger partial charge >= 0.3 is 0 Å². The molecule has 1 aromatic heterocycles. The van der Waals surface area contributed by atoms with Crippen molar-refractivity contribution in [1.82, 2.24) is 15.2 Å². The number of hydrogen-bond donors (Lipinski definition) is 1. The lowest BCUT2D eigenvalue weighted by atomic mass is 9.88. The molecule has 0 aliphatic carbocycles. The molecule has 0 bridgehead atoms. The van der Waals surface area contributed by atoms with E-state index in [9.17, 15) is 0 Å². The molecule has 1 unspecified atom stereocenters. The van der Waals surface area contributed by atoms with Crippen LogP contribution in [-0.4, -0.2) is 55.7 Å². The lowest BCUT2D eigenvalue weighted by molar-refractivity contribution is 0.160. The zero-order chi connectivity index (χ0) is 12.4. The molecule has 0 aromatic carbocycles. The van der Waals surface area contributed by atoms with E-state index in [1.165, 1.54) is 37.9 Å². The van der Waals surface area contributed by atoms with Gasteiger partial charge in [0.1, 0.15) is 0 Å². The van der Waals surface area contributed by atoms with Gasteiger partial charge in [-0.15, -0.1) is 11.3 Å². The summed E-state index contributed by atoms with van der Waals surface area (Å²) >= 11 is 1.75. The average molecular weight is 266 g/mol. The first-order valence-electron chi connectivity index (χ1n) is 6.90. The van der Waals surface area contributed by atoms with E-state index in [0.717, 1.165) is 24.9 Å². The van der Waals surface area contributed by atoms with Crippen LogP contribution >= 0.6 is 11.3 Å². The molecule has 1 N–H and O–H groups in total. The lowest BCUT2D eigenvalue weighted by Crippen LogP contribution is -2.51. The third-order valence-electron chi connectivity index (χ3n) is 4.23. The Balaban J connectivity index is 1.45. The summed E-state index contributed by atoms with van der Waals surface area (Å²) in [5.41, 5.74) is 0. The van der Waals surface area contributed by atoms with E-state index in [0.29, 0.717) is 0 Å². The molecule has 2 aliphatic rings. The number of anilines is 1. The van der Waals surface area contributed by atoms with Crippen molar-refractivity contribution in [2.75, 3.05) is 50.7 Å². The van der Waals surface area contributed by atoms with Gasteiger partial charge in [0.05, 0.1) is 0 Å². The molecule has 4 nitrogen and oxygen atoms in total. The standard InChI is InChI=1S/C13H22N4S/c1-11(12-8-14-9-12)10-16-3-5-17(6-4-16)13-15-2-7-18-13/h2,7,11-12,14H,3-6,8-10H2,1H3. The summed E-state index contributed by atoms with van der Waals surface area (Å²) in [6.45, 7) is 10.7. The third kappa shape index (κ3) is 2.68. The van der Waals surface area contributed by atoms with Crippen LogP contribution in [0.4, 0.5) is 5.13 Å². The summed E-state index contributed by atoms with van der Waals surface area (Å²) in [4.78, 5) is 9.43. The lowest BCUT2D eigenvalue weighted by Gasteiger charge is -2.39. The van der Waals surface area contributed by atoms with Crippen LogP contribution in [0.1, 0.15) is 6.92 Å². The summed E-state index contributed by atoms with van der Waals surface area (Å²) < 4.78 is 0. The number of piperazine rings is 1. The smallest absolute Gasteiger partial charge is 0.185 e. The average Bonchev–Trinajstić information content (AvgIpc) is 2.81. The largest absolute Gasteiger partial charge is 0.346 e. The van der Waals surface area contributed by atoms with E-state index in [2.05, 4.69) is 32.4 Å². The van der Waals surface area contributed by atoms with Crippen molar-refractivity contribution in [2.24, 2.45) is 11.8 Å². The first-order chi connectivity index (χ1) is 8.83. The van der Waals surface area contributed by atoms with Crippen LogP contribution in [0.15, 0.2) is 11.6 Å². The maximum absolute atomic E-state index is 4.39. The van der Waals surface area contributed by atoms with Crippen LogP contribution in [-0.2, 0) is 0 Å². The first kappa shape index (κ1) is 12.4. The zero-order valence-electron chi connectivity index (χ0n) is 11.0. The van der Waals surface area contributed by atoms with Crippen molar-refractivity contribution in [2.45, 2.75) is 6.92 Å². The van der Waals surface area contributed by atoms with Crippen LogP contribution in [0.2, 0.25) is 0 Å². The quantitative estimate of drug-likeness (QED) is 0.885. The van der Waals surface area contributed by atoms with Gasteiger partial charge in [-0.05, 0) is 24.9 Å². The molecule has 2 aliphatic heterocycles. The molecule has 1 atom stereocenters. The molecule has 3 rings (SSSR count). The van der Waals surface area contributed by atoms with Gasteiger partial charge in [-0.3, -0.25) is 4.90 Å². The molecule has 0 radical (unpaired) electrons. The van der Waals surface area contributed by atoms with Crippen molar-refractivity contribution in [3.05, 3.63) is 11.6 Å². The van der Waals surface area contributed by atoms with Gasteiger partial charge < -0.3 is 10.2 Å². The van der Waals surface area contributed by atoms with E-state index in [1.807, 2.05) is 6.20 Å². The van der Waals surface area contributed by atoms with Crippen LogP contribution < -0.4 is 10.2 Å². The molecule has 0 amide bonds. The Morgan fingerprint density at radius 2 is 2.17 bits per heavy atom. The van der Waals surface area contributed by atoms with Gasteiger partial charge in [0, 0.05) is 44.3 Å². The van der Waals surface area contributed by atoms with Crippen molar-refractivity contribution in [3.63, 3.8) is 0 Å². The van der Waals surface area contributed by atoms with Gasteiger partial charge in [0.15, 0.2) is 5.13 Å². The highest BCUT2D eigenvalue weighted by molar-refractivity contribution is 7.13. The molecule has 5 heteroatoms. The highest BCUT2D eigenvalue weighted by atomic mass is 32.1. The minimum atomic E-state index is 0.831. The number of nitrogens with zero attached hydrogens (tertiary/aromatic N) is 3. The Hall–Kier alpha value is -0.650. The van der Waals surface area contributed by atoms with Crippen molar-refractivity contribution >= 4 is 16.5 Å². The summed E-state index contributed by atoms with van der Waals surface area (Å²) in [7, 11) is 0. The fourth-order valence-corrected chi connectivity index (χ4v) is 3.46. The Morgan fingerprint density at radius 3 is 2.72 bits per heavy atom. The van der Waals surface area contributed by atoms with E-state index in [1.54, 1.807) is 11.3 Å². The minimum absolute atomic E-state index is 0.831. The van der Waals surface area contributed by atoms with Crippen LogP contribution in [0.5, 0.6) is 0 Å². The number of aromatic nitrogens is 1. The van der Waals surface area contributed by atoms with Gasteiger partial charge in [-0.25, -0.2) is 4.98 Å². The molecular formula is C13H22N4S. The number of nitrogens with one attached hydrogen (secondary N) is 1. The van der Waals surface area contributed by atoms with E-state index in [-0.39, 0.29) is 0 Å². The van der Waals surface area contributed by atoms with Gasteiger partial charge in [0.2, 0.25) is 0 Å². The second kappa shape index (κ2) is 5.55. The molecule has 0 spiro atoms. The highest BCUT2D eigenvalue weighted by Crippen LogP contribution is 2.21. The fourth-order valence-electron chi connectivity index (χ4n) is 2.76. The molecule has 3 heterocycles. The predicted octanol–water partition coefficient (Wildman–Crippen LogP) is 1.12. The molecule has 1 aromatic rings. The molecule has 2 fully saturated rings. The summed E-state index contributed by atoms with van der Waals surface area (Å²) in [5.74, 6) is 1.74. The number of thiazole rings is 1. The normalized spacial score (nSPS) is 23.9. The number of rotatable bonds is 4. The maximum Gasteiger partial charge on any atom is 0.185 e. The van der Waals surface area contributed by atoms with Crippen LogP contribution in [0.25, 0.3) is 0 Å². The van der Waals surface area contributed by atoms with Gasteiger partial charge in [-0.1, -0.05) is 6.92 Å². The second-order valence-electron chi connectivity index (χ2n) is 5.50. The zero-order valence-corrected chi connectivity index (χ0v) is 11.8. The summed E-state index contributed by atoms with van der Waals surface area (Å²) in [5, 5.41) is 6.62. The Morgan fingerprint density at radius 1 is 1.39 bits per heavy atom. The van der Waals surface area contributed by atoms with Crippen molar-refractivity contribution < 1.29 is 0 Å². The summed E-state index contributed by atoms with van der Waals surface area (Å²) in [6, 6.07) is 0. The minimum Gasteiger partial charge on any atom is -0.346 e. The fraction of sp³-hybridized carbons (Fsp3) is 0.769. The highest BCUT2D eigenvalue weighted by Gasteiger charge is 2.26. The van der Waals surface area contributed by atoms with Crippen LogP contribution in [0.3, 0.4) is 0 Å². The molecule has 18 heavy (non-hydrogen) atoms. The van der Waals surface area contributed by atoms with Gasteiger partial charge in [0.25, 0.3) is 0 Å². The SMILES string of the molecule is CC(CN1CCN(c2nccs2)CC1)C1CNC1. The van der Waals surface area contributed by atoms with E-state index < -0.39 is 0 Å². The Kier molecular flexibility index (Phi) is 3.82. The van der Waals surface area contributed by atoms with Crippen LogP contribution in [0, 0.1) is 11.8 Å². The van der Waals surface area contributed by atoms with Gasteiger partial charge in [-0.2, -0.15) is 0 Å². The second-order valence-corrected chi connectivity index (χ2v) is 6.37.